The zero-order chi connectivity index (χ0) is 20.9. The van der Waals surface area contributed by atoms with Crippen molar-refractivity contribution in [2.45, 2.75) is 19.5 Å². The van der Waals surface area contributed by atoms with E-state index in [-0.39, 0.29) is 24.7 Å². The lowest BCUT2D eigenvalue weighted by atomic mass is 10.2. The number of sulfonamides is 1. The maximum atomic E-state index is 12.6. The van der Waals surface area contributed by atoms with Crippen molar-refractivity contribution >= 4 is 15.9 Å². The number of amides is 1. The fourth-order valence-corrected chi connectivity index (χ4v) is 3.20. The van der Waals surface area contributed by atoms with Crippen molar-refractivity contribution in [3.8, 4) is 5.69 Å². The average molecular weight is 418 g/mol. The summed E-state index contributed by atoms with van der Waals surface area (Å²) in [7, 11) is -1.76. The van der Waals surface area contributed by atoms with Crippen LogP contribution in [0.2, 0.25) is 0 Å². The standard InChI is InChI=1S/C17H21F3N4O3S/c1-3-28(26,27)23(2)11-4-10-21-16(25)13-5-7-14(8-6-13)24-12-9-15(22-24)17(18,19)20/h5-9,12H,3-4,10-11H2,1-2H3,(H,21,25). The lowest BCUT2D eigenvalue weighted by Crippen LogP contribution is -2.32. The quantitative estimate of drug-likeness (QED) is 0.667. The van der Waals surface area contributed by atoms with Gasteiger partial charge in [0.05, 0.1) is 11.4 Å². The summed E-state index contributed by atoms with van der Waals surface area (Å²) in [5, 5.41) is 6.14. The van der Waals surface area contributed by atoms with Crippen LogP contribution in [-0.4, -0.2) is 54.3 Å². The van der Waals surface area contributed by atoms with Crippen LogP contribution in [0.3, 0.4) is 0 Å². The third-order valence-corrected chi connectivity index (χ3v) is 5.91. The van der Waals surface area contributed by atoms with Crippen LogP contribution < -0.4 is 5.32 Å². The number of carbonyl (C=O) groups excluding carboxylic acids is 1. The Morgan fingerprint density at radius 2 is 1.86 bits per heavy atom. The van der Waals surface area contributed by atoms with Crippen LogP contribution in [0.15, 0.2) is 36.5 Å². The predicted octanol–water partition coefficient (Wildman–Crippen LogP) is 2.29. The molecule has 0 saturated heterocycles. The zero-order valence-corrected chi connectivity index (χ0v) is 16.2. The first kappa shape index (κ1) is 21.9. The molecule has 0 bridgehead atoms. The van der Waals surface area contributed by atoms with Gasteiger partial charge in [-0.1, -0.05) is 0 Å². The fourth-order valence-electron chi connectivity index (χ4n) is 2.35. The Morgan fingerprint density at radius 1 is 1.21 bits per heavy atom. The second kappa shape index (κ2) is 8.74. The van der Waals surface area contributed by atoms with Crippen molar-refractivity contribution in [2.24, 2.45) is 0 Å². The molecular weight excluding hydrogens is 397 g/mol. The van der Waals surface area contributed by atoms with E-state index >= 15 is 0 Å². The molecule has 2 rings (SSSR count). The molecule has 154 valence electrons. The predicted molar refractivity (Wildman–Crippen MR) is 97.6 cm³/mol. The molecule has 0 fully saturated rings. The summed E-state index contributed by atoms with van der Waals surface area (Å²) in [6, 6.07) is 6.81. The van der Waals surface area contributed by atoms with E-state index in [1.54, 1.807) is 6.92 Å². The molecule has 1 amide bonds. The van der Waals surface area contributed by atoms with E-state index in [4.69, 9.17) is 0 Å². The number of benzene rings is 1. The van der Waals surface area contributed by atoms with Gasteiger partial charge in [0.2, 0.25) is 10.0 Å². The van der Waals surface area contributed by atoms with Gasteiger partial charge in [0.1, 0.15) is 0 Å². The van der Waals surface area contributed by atoms with Gasteiger partial charge in [0.25, 0.3) is 5.91 Å². The Labute approximate surface area is 161 Å². The highest BCUT2D eigenvalue weighted by Crippen LogP contribution is 2.27. The molecule has 0 atom stereocenters. The molecule has 1 N–H and O–H groups in total. The lowest BCUT2D eigenvalue weighted by Gasteiger charge is -2.15. The van der Waals surface area contributed by atoms with Gasteiger partial charge in [-0.2, -0.15) is 18.3 Å². The number of nitrogens with zero attached hydrogens (tertiary/aromatic N) is 3. The number of hydrogen-bond donors (Lipinski definition) is 1. The molecule has 7 nitrogen and oxygen atoms in total. The summed E-state index contributed by atoms with van der Waals surface area (Å²) in [5.74, 6) is -0.341. The number of hydrogen-bond acceptors (Lipinski definition) is 4. The molecule has 0 spiro atoms. The van der Waals surface area contributed by atoms with Crippen molar-refractivity contribution in [2.75, 3.05) is 25.9 Å². The third kappa shape index (κ3) is 5.55. The number of alkyl halides is 3. The molecule has 2 aromatic rings. The summed E-state index contributed by atoms with van der Waals surface area (Å²) in [6.45, 7) is 2.14. The van der Waals surface area contributed by atoms with Gasteiger partial charge in [0, 0.05) is 31.9 Å². The molecule has 1 heterocycles. The number of halogens is 3. The highest BCUT2D eigenvalue weighted by atomic mass is 32.2. The maximum absolute atomic E-state index is 12.6. The van der Waals surface area contributed by atoms with Gasteiger partial charge < -0.3 is 5.32 Å². The molecule has 0 unspecified atom stereocenters. The van der Waals surface area contributed by atoms with Crippen LogP contribution in [0.4, 0.5) is 13.2 Å². The Kier molecular flexibility index (Phi) is 6.83. The van der Waals surface area contributed by atoms with Crippen molar-refractivity contribution in [1.29, 1.82) is 0 Å². The van der Waals surface area contributed by atoms with E-state index in [9.17, 15) is 26.4 Å². The minimum Gasteiger partial charge on any atom is -0.352 e. The van der Waals surface area contributed by atoms with Gasteiger partial charge in [-0.15, -0.1) is 0 Å². The summed E-state index contributed by atoms with van der Waals surface area (Å²) in [6.07, 6.45) is -2.87. The first-order chi connectivity index (χ1) is 13.0. The lowest BCUT2D eigenvalue weighted by molar-refractivity contribution is -0.141. The summed E-state index contributed by atoms with van der Waals surface area (Å²) < 4.78 is 63.4. The third-order valence-electron chi connectivity index (χ3n) is 4.05. The fraction of sp³-hybridized carbons (Fsp3) is 0.412. The Hall–Kier alpha value is -2.40. The van der Waals surface area contributed by atoms with Crippen LogP contribution in [0.5, 0.6) is 0 Å². The van der Waals surface area contributed by atoms with Crippen molar-refractivity contribution in [3.05, 3.63) is 47.8 Å². The van der Waals surface area contributed by atoms with Crippen LogP contribution in [0, 0.1) is 0 Å². The summed E-state index contributed by atoms with van der Waals surface area (Å²) >= 11 is 0. The normalized spacial score (nSPS) is 12.4. The highest BCUT2D eigenvalue weighted by molar-refractivity contribution is 7.89. The zero-order valence-electron chi connectivity index (χ0n) is 15.4. The minimum atomic E-state index is -4.52. The largest absolute Gasteiger partial charge is 0.435 e. The molecule has 1 aromatic heterocycles. The van der Waals surface area contributed by atoms with E-state index in [0.717, 1.165) is 10.7 Å². The molecule has 11 heteroatoms. The van der Waals surface area contributed by atoms with Crippen LogP contribution in [-0.2, 0) is 16.2 Å². The highest BCUT2D eigenvalue weighted by Gasteiger charge is 2.33. The van der Waals surface area contributed by atoms with Gasteiger partial charge in [-0.05, 0) is 43.7 Å². The van der Waals surface area contributed by atoms with Crippen LogP contribution in [0.1, 0.15) is 29.4 Å². The summed E-state index contributed by atoms with van der Waals surface area (Å²) in [4.78, 5) is 12.1. The number of aromatic nitrogens is 2. The van der Waals surface area contributed by atoms with E-state index in [0.29, 0.717) is 17.7 Å². The van der Waals surface area contributed by atoms with E-state index in [1.807, 2.05) is 0 Å². The maximum Gasteiger partial charge on any atom is 0.435 e. The molecule has 1 aromatic carbocycles. The second-order valence-electron chi connectivity index (χ2n) is 6.02. The van der Waals surface area contributed by atoms with Crippen molar-refractivity contribution < 1.29 is 26.4 Å². The van der Waals surface area contributed by atoms with Crippen molar-refractivity contribution in [3.63, 3.8) is 0 Å². The van der Waals surface area contributed by atoms with Gasteiger partial charge in [-0.25, -0.2) is 17.4 Å². The molecule has 0 aliphatic heterocycles. The van der Waals surface area contributed by atoms with Crippen LogP contribution >= 0.6 is 0 Å². The Morgan fingerprint density at radius 3 is 2.39 bits per heavy atom. The van der Waals surface area contributed by atoms with E-state index in [2.05, 4.69) is 10.4 Å². The first-order valence-electron chi connectivity index (χ1n) is 8.50. The van der Waals surface area contributed by atoms with Crippen molar-refractivity contribution in [1.82, 2.24) is 19.4 Å². The number of carbonyl (C=O) groups is 1. The van der Waals surface area contributed by atoms with E-state index < -0.39 is 21.9 Å². The molecule has 28 heavy (non-hydrogen) atoms. The number of nitrogens with one attached hydrogen (secondary N) is 1. The molecule has 0 aliphatic carbocycles. The minimum absolute atomic E-state index is 0.0168. The van der Waals surface area contributed by atoms with E-state index in [1.165, 1.54) is 41.8 Å². The molecule has 0 saturated carbocycles. The molecular formula is C17H21F3N4O3S. The topological polar surface area (TPSA) is 84.3 Å². The second-order valence-corrected chi connectivity index (χ2v) is 8.39. The Balaban J connectivity index is 1.89. The average Bonchev–Trinajstić information content (AvgIpc) is 3.15. The molecule has 0 aliphatic rings. The van der Waals surface area contributed by atoms with Gasteiger partial charge in [-0.3, -0.25) is 4.79 Å². The smallest absolute Gasteiger partial charge is 0.352 e. The SMILES string of the molecule is CCS(=O)(=O)N(C)CCCNC(=O)c1ccc(-n2ccc(C(F)(F)F)n2)cc1. The first-order valence-corrected chi connectivity index (χ1v) is 10.1. The Bertz CT molecular complexity index is 908. The number of rotatable bonds is 8. The van der Waals surface area contributed by atoms with Gasteiger partial charge in [0.15, 0.2) is 5.69 Å². The van der Waals surface area contributed by atoms with Crippen LogP contribution in [0.25, 0.3) is 5.69 Å². The summed E-state index contributed by atoms with van der Waals surface area (Å²) in [5.41, 5.74) is -0.274. The molecule has 0 radical (unpaired) electrons. The van der Waals surface area contributed by atoms with Gasteiger partial charge >= 0.3 is 6.18 Å². The monoisotopic (exact) mass is 418 g/mol.